The number of rotatable bonds is 4. The average molecular weight is 203 g/mol. The van der Waals surface area contributed by atoms with Crippen molar-refractivity contribution >= 4 is 0 Å². The fourth-order valence-electron chi connectivity index (χ4n) is 2.07. The maximum atomic E-state index is 3.68. The molecule has 1 N–H and O–H groups in total. The Balaban J connectivity index is 2.13. The molecule has 0 amide bonds. The van der Waals surface area contributed by atoms with Gasteiger partial charge in [0.05, 0.1) is 0 Å². The van der Waals surface area contributed by atoms with Crippen LogP contribution < -0.4 is 5.32 Å². The molecule has 1 heteroatoms. The van der Waals surface area contributed by atoms with Gasteiger partial charge < -0.3 is 5.32 Å². The molecule has 1 aliphatic rings. The average Bonchev–Trinajstić information content (AvgIpc) is 2.99. The van der Waals surface area contributed by atoms with Gasteiger partial charge >= 0.3 is 0 Å². The molecule has 15 heavy (non-hydrogen) atoms. The Morgan fingerprint density at radius 2 is 1.73 bits per heavy atom. The fourth-order valence-corrected chi connectivity index (χ4v) is 2.07. The molecule has 82 valence electrons. The highest BCUT2D eigenvalue weighted by Crippen LogP contribution is 2.41. The lowest BCUT2D eigenvalue weighted by Crippen LogP contribution is -2.29. The van der Waals surface area contributed by atoms with Crippen molar-refractivity contribution in [2.45, 2.75) is 45.7 Å². The molecule has 0 saturated heterocycles. The number of aryl methyl sites for hydroxylation is 1. The third-order valence-corrected chi connectivity index (χ3v) is 3.04. The zero-order valence-corrected chi connectivity index (χ0v) is 9.96. The first kappa shape index (κ1) is 10.7. The third kappa shape index (κ3) is 2.82. The first-order valence-electron chi connectivity index (χ1n) is 5.99. The van der Waals surface area contributed by atoms with Crippen molar-refractivity contribution in [1.82, 2.24) is 5.32 Å². The molecular weight excluding hydrogens is 182 g/mol. The van der Waals surface area contributed by atoms with Gasteiger partial charge in [0.15, 0.2) is 0 Å². The van der Waals surface area contributed by atoms with Crippen molar-refractivity contribution in [2.24, 2.45) is 5.92 Å². The highest BCUT2D eigenvalue weighted by molar-refractivity contribution is 5.25. The van der Waals surface area contributed by atoms with Gasteiger partial charge in [0, 0.05) is 12.1 Å². The predicted molar refractivity (Wildman–Crippen MR) is 64.9 cm³/mol. The molecule has 0 spiro atoms. The molecule has 1 aromatic rings. The van der Waals surface area contributed by atoms with Crippen LogP contribution in [-0.2, 0) is 0 Å². The zero-order chi connectivity index (χ0) is 10.8. The number of benzene rings is 1. The van der Waals surface area contributed by atoms with Crippen LogP contribution in [0, 0.1) is 12.8 Å². The number of hydrogen-bond donors (Lipinski definition) is 1. The van der Waals surface area contributed by atoms with E-state index < -0.39 is 0 Å². The van der Waals surface area contributed by atoms with Crippen molar-refractivity contribution in [3.63, 3.8) is 0 Å². The lowest BCUT2D eigenvalue weighted by molar-refractivity contribution is 0.436. The van der Waals surface area contributed by atoms with Crippen molar-refractivity contribution in [3.8, 4) is 0 Å². The van der Waals surface area contributed by atoms with E-state index in [1.54, 1.807) is 0 Å². The Labute approximate surface area is 92.9 Å². The van der Waals surface area contributed by atoms with Crippen LogP contribution in [0.5, 0.6) is 0 Å². The molecule has 0 bridgehead atoms. The van der Waals surface area contributed by atoms with Gasteiger partial charge in [-0.1, -0.05) is 43.7 Å². The van der Waals surface area contributed by atoms with Gasteiger partial charge in [-0.25, -0.2) is 0 Å². The highest BCUT2D eigenvalue weighted by Gasteiger charge is 2.32. The Morgan fingerprint density at radius 1 is 1.13 bits per heavy atom. The van der Waals surface area contributed by atoms with Gasteiger partial charge in [-0.15, -0.1) is 0 Å². The molecule has 0 aromatic heterocycles. The second kappa shape index (κ2) is 4.36. The predicted octanol–water partition coefficient (Wildman–Crippen LogP) is 3.44. The standard InChI is InChI=1S/C14H21N/c1-10(2)15-14(13-8-9-13)12-6-4-11(3)5-7-12/h4-7,10,13-15H,8-9H2,1-3H3. The molecule has 1 nitrogen and oxygen atoms in total. The zero-order valence-electron chi connectivity index (χ0n) is 9.96. The molecule has 1 fully saturated rings. The first-order chi connectivity index (χ1) is 7.16. The van der Waals surface area contributed by atoms with Gasteiger partial charge in [-0.3, -0.25) is 0 Å². The first-order valence-corrected chi connectivity index (χ1v) is 5.99. The van der Waals surface area contributed by atoms with Gasteiger partial charge in [0.1, 0.15) is 0 Å². The summed E-state index contributed by atoms with van der Waals surface area (Å²) in [6.45, 7) is 6.60. The minimum absolute atomic E-state index is 0.567. The molecule has 1 aliphatic carbocycles. The summed E-state index contributed by atoms with van der Waals surface area (Å²) < 4.78 is 0. The van der Waals surface area contributed by atoms with E-state index in [0.29, 0.717) is 12.1 Å². The monoisotopic (exact) mass is 203 g/mol. The largest absolute Gasteiger partial charge is 0.307 e. The van der Waals surface area contributed by atoms with Gasteiger partial charge in [-0.2, -0.15) is 0 Å². The van der Waals surface area contributed by atoms with Crippen LogP contribution in [0.1, 0.15) is 43.9 Å². The van der Waals surface area contributed by atoms with E-state index in [1.165, 1.54) is 24.0 Å². The quantitative estimate of drug-likeness (QED) is 0.790. The fraction of sp³-hybridized carbons (Fsp3) is 0.571. The van der Waals surface area contributed by atoms with Gasteiger partial charge in [-0.05, 0) is 31.2 Å². The van der Waals surface area contributed by atoms with Crippen LogP contribution >= 0.6 is 0 Å². The van der Waals surface area contributed by atoms with Crippen LogP contribution in [0.2, 0.25) is 0 Å². The molecule has 1 atom stereocenters. The second-order valence-electron chi connectivity index (χ2n) is 5.05. The lowest BCUT2D eigenvalue weighted by atomic mass is 10.0. The summed E-state index contributed by atoms with van der Waals surface area (Å²) in [4.78, 5) is 0. The molecule has 0 radical (unpaired) electrons. The summed E-state index contributed by atoms with van der Waals surface area (Å²) in [7, 11) is 0. The van der Waals surface area contributed by atoms with Crippen LogP contribution in [0.3, 0.4) is 0 Å². The SMILES string of the molecule is Cc1ccc(C(NC(C)C)C2CC2)cc1. The summed E-state index contributed by atoms with van der Waals surface area (Å²) in [5.74, 6) is 0.870. The summed E-state index contributed by atoms with van der Waals surface area (Å²) in [5.41, 5.74) is 2.80. The van der Waals surface area contributed by atoms with Gasteiger partial charge in [0.25, 0.3) is 0 Å². The molecule has 1 saturated carbocycles. The number of nitrogens with one attached hydrogen (secondary N) is 1. The van der Waals surface area contributed by atoms with Crippen LogP contribution in [0.25, 0.3) is 0 Å². The molecular formula is C14H21N. The minimum Gasteiger partial charge on any atom is -0.307 e. The summed E-state index contributed by atoms with van der Waals surface area (Å²) >= 11 is 0. The third-order valence-electron chi connectivity index (χ3n) is 3.04. The lowest BCUT2D eigenvalue weighted by Gasteiger charge is -2.21. The molecule has 0 aliphatic heterocycles. The van der Waals surface area contributed by atoms with Crippen LogP contribution in [0.15, 0.2) is 24.3 Å². The van der Waals surface area contributed by atoms with E-state index in [0.717, 1.165) is 5.92 Å². The van der Waals surface area contributed by atoms with E-state index in [4.69, 9.17) is 0 Å². The van der Waals surface area contributed by atoms with Gasteiger partial charge in [0.2, 0.25) is 0 Å². The van der Waals surface area contributed by atoms with E-state index in [1.807, 2.05) is 0 Å². The maximum Gasteiger partial charge on any atom is 0.0350 e. The van der Waals surface area contributed by atoms with E-state index >= 15 is 0 Å². The summed E-state index contributed by atoms with van der Waals surface area (Å²) in [6, 6.07) is 10.1. The molecule has 1 aromatic carbocycles. The normalized spacial score (nSPS) is 18.1. The Kier molecular flexibility index (Phi) is 3.11. The second-order valence-corrected chi connectivity index (χ2v) is 5.05. The van der Waals surface area contributed by atoms with E-state index in [2.05, 4.69) is 50.4 Å². The Morgan fingerprint density at radius 3 is 2.20 bits per heavy atom. The van der Waals surface area contributed by atoms with Crippen LogP contribution in [-0.4, -0.2) is 6.04 Å². The Hall–Kier alpha value is -0.820. The highest BCUT2D eigenvalue weighted by atomic mass is 15.0. The van der Waals surface area contributed by atoms with Crippen molar-refractivity contribution in [3.05, 3.63) is 35.4 Å². The summed E-state index contributed by atoms with van der Waals surface area (Å²) in [5, 5.41) is 3.68. The molecule has 2 rings (SSSR count). The molecule has 1 unspecified atom stereocenters. The minimum atomic E-state index is 0.567. The maximum absolute atomic E-state index is 3.68. The smallest absolute Gasteiger partial charge is 0.0350 e. The Bertz CT molecular complexity index is 309. The topological polar surface area (TPSA) is 12.0 Å². The van der Waals surface area contributed by atoms with Crippen LogP contribution in [0.4, 0.5) is 0 Å². The van der Waals surface area contributed by atoms with Crippen molar-refractivity contribution < 1.29 is 0 Å². The van der Waals surface area contributed by atoms with E-state index in [-0.39, 0.29) is 0 Å². The number of hydrogen-bond acceptors (Lipinski definition) is 1. The van der Waals surface area contributed by atoms with Crippen molar-refractivity contribution in [1.29, 1.82) is 0 Å². The van der Waals surface area contributed by atoms with E-state index in [9.17, 15) is 0 Å². The molecule has 0 heterocycles. The summed E-state index contributed by atoms with van der Waals surface area (Å²) in [6.07, 6.45) is 2.77. The van der Waals surface area contributed by atoms with Crippen molar-refractivity contribution in [2.75, 3.05) is 0 Å².